The van der Waals surface area contributed by atoms with E-state index >= 15 is 0 Å². The summed E-state index contributed by atoms with van der Waals surface area (Å²) in [5.41, 5.74) is 0. The normalized spacial score (nSPS) is 12.9. The molecule has 0 aromatic rings. The third kappa shape index (κ3) is 49.3. The molecule has 6 heteroatoms. The van der Waals surface area contributed by atoms with Gasteiger partial charge in [0, 0.05) is 19.3 Å². The Morgan fingerprint density at radius 1 is 0.344 bits per heavy atom. The Hall–Kier alpha value is -3.67. The summed E-state index contributed by atoms with van der Waals surface area (Å²) in [5.74, 6) is -1.02. The first-order valence-electron chi connectivity index (χ1n) is 26.3. The number of unbranched alkanes of at least 4 members (excludes halogenated alkanes) is 20. The minimum Gasteiger partial charge on any atom is -0.462 e. The van der Waals surface area contributed by atoms with Crippen LogP contribution in [-0.2, 0) is 28.6 Å². The Morgan fingerprint density at radius 2 is 0.672 bits per heavy atom. The average molecular weight is 889 g/mol. The number of hydrogen-bond donors (Lipinski definition) is 0. The maximum absolute atomic E-state index is 12.8. The molecular formula is C58H96O6. The number of esters is 3. The predicted octanol–water partition coefficient (Wildman–Crippen LogP) is 17.4. The van der Waals surface area contributed by atoms with E-state index in [1.165, 1.54) is 83.5 Å². The smallest absolute Gasteiger partial charge is 0.306 e. The van der Waals surface area contributed by atoms with E-state index in [2.05, 4.69) is 118 Å². The van der Waals surface area contributed by atoms with Crippen molar-refractivity contribution >= 4 is 17.9 Å². The maximum Gasteiger partial charge on any atom is 0.306 e. The van der Waals surface area contributed by atoms with Crippen LogP contribution in [0.3, 0.4) is 0 Å². The quantitative estimate of drug-likeness (QED) is 0.0199. The van der Waals surface area contributed by atoms with Crippen LogP contribution in [0.15, 0.2) is 97.2 Å². The number of ether oxygens (including phenoxy) is 3. The molecule has 0 aromatic carbocycles. The molecule has 0 rings (SSSR count). The molecule has 0 N–H and O–H groups in total. The van der Waals surface area contributed by atoms with Crippen molar-refractivity contribution in [2.75, 3.05) is 13.2 Å². The lowest BCUT2D eigenvalue weighted by Gasteiger charge is -2.18. The van der Waals surface area contributed by atoms with Gasteiger partial charge >= 0.3 is 17.9 Å². The molecule has 1 unspecified atom stereocenters. The molecule has 0 fully saturated rings. The van der Waals surface area contributed by atoms with Gasteiger partial charge in [-0.1, -0.05) is 201 Å². The molecule has 0 saturated heterocycles. The summed E-state index contributed by atoms with van der Waals surface area (Å²) in [6, 6.07) is 0. The molecule has 0 amide bonds. The molecule has 0 aliphatic heterocycles. The van der Waals surface area contributed by atoms with E-state index in [1.54, 1.807) is 0 Å². The highest BCUT2D eigenvalue weighted by molar-refractivity contribution is 5.71. The Labute approximate surface area is 394 Å². The van der Waals surface area contributed by atoms with Gasteiger partial charge in [-0.05, 0) is 109 Å². The molecule has 364 valence electrons. The fraction of sp³-hybridized carbons (Fsp3) is 0.672. The van der Waals surface area contributed by atoms with Crippen LogP contribution in [0, 0.1) is 0 Å². The van der Waals surface area contributed by atoms with E-state index in [-0.39, 0.29) is 44.0 Å². The number of hydrogen-bond acceptors (Lipinski definition) is 6. The summed E-state index contributed by atoms with van der Waals surface area (Å²) in [4.78, 5) is 38.0. The minimum atomic E-state index is -0.820. The van der Waals surface area contributed by atoms with Crippen molar-refractivity contribution in [3.05, 3.63) is 97.2 Å². The fourth-order valence-electron chi connectivity index (χ4n) is 6.87. The molecular weight excluding hydrogens is 793 g/mol. The number of rotatable bonds is 46. The van der Waals surface area contributed by atoms with E-state index in [0.29, 0.717) is 12.8 Å². The molecule has 0 saturated carbocycles. The van der Waals surface area contributed by atoms with Crippen molar-refractivity contribution in [3.8, 4) is 0 Å². The fourth-order valence-corrected chi connectivity index (χ4v) is 6.87. The highest BCUT2D eigenvalue weighted by atomic mass is 16.6. The van der Waals surface area contributed by atoms with Gasteiger partial charge in [0.15, 0.2) is 6.10 Å². The first-order chi connectivity index (χ1) is 31.5. The first kappa shape index (κ1) is 60.3. The standard InChI is InChI=1S/C58H96O6/c1-4-7-10-13-16-19-22-25-27-29-31-33-36-39-42-45-48-51-57(60)63-54-55(53-62-56(59)50-47-44-41-38-35-32-24-21-18-15-12-9-6-3)64-58(61)52-49-46-43-40-37-34-30-28-26-23-20-17-14-11-8-5-2/h7,10,16,19,25,27-28,30-35,37,39,42,55H,4-6,8-9,11-15,17-18,20-24,26,29,36,38,40-41,43-54H2,1-3H3/b10-7-,19-16-,27-25-,30-28-,33-31-,35-32-,37-34-,42-39-. The topological polar surface area (TPSA) is 78.9 Å². The van der Waals surface area contributed by atoms with Gasteiger partial charge in [0.2, 0.25) is 0 Å². The first-order valence-corrected chi connectivity index (χ1v) is 26.3. The Kier molecular flexibility index (Phi) is 49.0. The van der Waals surface area contributed by atoms with Crippen LogP contribution in [0.2, 0.25) is 0 Å². The van der Waals surface area contributed by atoms with E-state index < -0.39 is 6.10 Å². The van der Waals surface area contributed by atoms with Crippen LogP contribution in [0.4, 0.5) is 0 Å². The van der Waals surface area contributed by atoms with Crippen LogP contribution in [-0.4, -0.2) is 37.2 Å². The second-order valence-corrected chi connectivity index (χ2v) is 17.1. The Morgan fingerprint density at radius 3 is 1.12 bits per heavy atom. The number of carbonyl (C=O) groups is 3. The lowest BCUT2D eigenvalue weighted by atomic mass is 10.1. The third-order valence-electron chi connectivity index (χ3n) is 10.8. The van der Waals surface area contributed by atoms with Crippen molar-refractivity contribution in [2.45, 2.75) is 239 Å². The average Bonchev–Trinajstić information content (AvgIpc) is 3.29. The van der Waals surface area contributed by atoms with Crippen molar-refractivity contribution in [2.24, 2.45) is 0 Å². The van der Waals surface area contributed by atoms with Gasteiger partial charge in [0.05, 0.1) is 0 Å². The summed E-state index contributed by atoms with van der Waals surface area (Å²) in [6.45, 7) is 6.42. The summed E-state index contributed by atoms with van der Waals surface area (Å²) >= 11 is 0. The van der Waals surface area contributed by atoms with Crippen LogP contribution >= 0.6 is 0 Å². The van der Waals surface area contributed by atoms with E-state index in [0.717, 1.165) is 103 Å². The van der Waals surface area contributed by atoms with Crippen LogP contribution < -0.4 is 0 Å². The van der Waals surface area contributed by atoms with E-state index in [1.807, 2.05) is 0 Å². The van der Waals surface area contributed by atoms with Crippen molar-refractivity contribution in [1.82, 2.24) is 0 Å². The van der Waals surface area contributed by atoms with Gasteiger partial charge in [0.25, 0.3) is 0 Å². The van der Waals surface area contributed by atoms with Gasteiger partial charge in [-0.3, -0.25) is 14.4 Å². The monoisotopic (exact) mass is 889 g/mol. The van der Waals surface area contributed by atoms with E-state index in [4.69, 9.17) is 14.2 Å². The van der Waals surface area contributed by atoms with Crippen molar-refractivity contribution in [1.29, 1.82) is 0 Å². The van der Waals surface area contributed by atoms with Gasteiger partial charge in [-0.15, -0.1) is 0 Å². The zero-order valence-electron chi connectivity index (χ0n) is 41.5. The van der Waals surface area contributed by atoms with Crippen molar-refractivity contribution < 1.29 is 28.6 Å². The van der Waals surface area contributed by atoms with Crippen LogP contribution in [0.5, 0.6) is 0 Å². The van der Waals surface area contributed by atoms with Gasteiger partial charge < -0.3 is 14.2 Å². The molecule has 1 atom stereocenters. The molecule has 0 aliphatic rings. The lowest BCUT2D eigenvalue weighted by Crippen LogP contribution is -2.30. The van der Waals surface area contributed by atoms with Gasteiger partial charge in [0.1, 0.15) is 13.2 Å². The number of carbonyl (C=O) groups excluding carboxylic acids is 3. The van der Waals surface area contributed by atoms with Gasteiger partial charge in [-0.25, -0.2) is 0 Å². The zero-order chi connectivity index (χ0) is 46.5. The largest absolute Gasteiger partial charge is 0.462 e. The highest BCUT2D eigenvalue weighted by Gasteiger charge is 2.19. The SMILES string of the molecule is CC/C=C\C/C=C\C/C=C\C/C=C\C/C=C\CCCC(=O)OCC(COC(=O)CCCCC/C=C\CCCCCCCC)OC(=O)CCCCC/C=C\C=C/CCCCCCCCC. The minimum absolute atomic E-state index is 0.115. The summed E-state index contributed by atoms with van der Waals surface area (Å²) < 4.78 is 16.7. The van der Waals surface area contributed by atoms with Gasteiger partial charge in [-0.2, -0.15) is 0 Å². The van der Waals surface area contributed by atoms with Crippen LogP contribution in [0.25, 0.3) is 0 Å². The lowest BCUT2D eigenvalue weighted by molar-refractivity contribution is -0.167. The highest BCUT2D eigenvalue weighted by Crippen LogP contribution is 2.12. The molecule has 64 heavy (non-hydrogen) atoms. The Bertz CT molecular complexity index is 1300. The molecule has 0 aromatic heterocycles. The van der Waals surface area contributed by atoms with E-state index in [9.17, 15) is 14.4 Å². The second-order valence-electron chi connectivity index (χ2n) is 17.1. The second kappa shape index (κ2) is 52.0. The summed E-state index contributed by atoms with van der Waals surface area (Å²) in [7, 11) is 0. The molecule has 6 nitrogen and oxygen atoms in total. The molecule has 0 aliphatic carbocycles. The van der Waals surface area contributed by atoms with Crippen LogP contribution in [0.1, 0.15) is 233 Å². The Balaban J connectivity index is 4.55. The summed E-state index contributed by atoms with van der Waals surface area (Å²) in [5, 5.41) is 0. The maximum atomic E-state index is 12.8. The predicted molar refractivity (Wildman–Crippen MR) is 274 cm³/mol. The molecule has 0 radical (unpaired) electrons. The molecule has 0 bridgehead atoms. The third-order valence-corrected chi connectivity index (χ3v) is 10.8. The molecule has 0 heterocycles. The molecule has 0 spiro atoms. The zero-order valence-corrected chi connectivity index (χ0v) is 41.5. The summed E-state index contributed by atoms with van der Waals surface area (Å²) in [6.07, 6.45) is 68.3. The number of allylic oxidation sites excluding steroid dienone is 16. The van der Waals surface area contributed by atoms with Crippen molar-refractivity contribution in [3.63, 3.8) is 0 Å².